The van der Waals surface area contributed by atoms with Crippen LogP contribution in [0.15, 0.2) is 42.5 Å². The van der Waals surface area contributed by atoms with Gasteiger partial charge in [0.2, 0.25) is 5.91 Å². The number of carbonyl (C=O) groups excluding carboxylic acids is 1. The summed E-state index contributed by atoms with van der Waals surface area (Å²) < 4.78 is 41.8. The first-order valence-corrected chi connectivity index (χ1v) is 7.58. The fourth-order valence-corrected chi connectivity index (χ4v) is 3.03. The number of rotatable bonds is 2. The SMILES string of the molecule is Cn1nnc2c3cc(C(N)=O)ccc3n(-c3ccc(C(F)(F)F)cc3)c21. The number of amides is 1. The van der Waals surface area contributed by atoms with Crippen molar-refractivity contribution < 1.29 is 18.0 Å². The van der Waals surface area contributed by atoms with Gasteiger partial charge in [0.1, 0.15) is 5.52 Å². The zero-order valence-corrected chi connectivity index (χ0v) is 13.4. The van der Waals surface area contributed by atoms with E-state index in [9.17, 15) is 18.0 Å². The van der Waals surface area contributed by atoms with Crippen molar-refractivity contribution in [3.8, 4) is 5.69 Å². The van der Waals surface area contributed by atoms with Crippen LogP contribution in [-0.4, -0.2) is 25.5 Å². The van der Waals surface area contributed by atoms with Gasteiger partial charge >= 0.3 is 6.18 Å². The lowest BCUT2D eigenvalue weighted by Crippen LogP contribution is -2.10. The van der Waals surface area contributed by atoms with Crippen LogP contribution in [0.3, 0.4) is 0 Å². The van der Waals surface area contributed by atoms with Crippen molar-refractivity contribution in [2.24, 2.45) is 12.8 Å². The molecule has 2 N–H and O–H groups in total. The Balaban J connectivity index is 2.01. The molecule has 9 heteroatoms. The molecule has 0 unspecified atom stereocenters. The second kappa shape index (κ2) is 5.32. The summed E-state index contributed by atoms with van der Waals surface area (Å²) in [5.41, 5.74) is 7.26. The minimum absolute atomic E-state index is 0.314. The van der Waals surface area contributed by atoms with Gasteiger partial charge in [-0.1, -0.05) is 5.21 Å². The maximum Gasteiger partial charge on any atom is 0.416 e. The van der Waals surface area contributed by atoms with E-state index in [0.29, 0.717) is 33.3 Å². The maximum absolute atomic E-state index is 12.8. The van der Waals surface area contributed by atoms with Crippen molar-refractivity contribution in [1.82, 2.24) is 19.6 Å². The number of halogens is 3. The summed E-state index contributed by atoms with van der Waals surface area (Å²) in [5, 5.41) is 8.73. The molecule has 0 spiro atoms. The molecule has 0 saturated heterocycles. The average Bonchev–Trinajstić information content (AvgIpc) is 3.12. The summed E-state index contributed by atoms with van der Waals surface area (Å²) in [6.45, 7) is 0. The molecule has 4 aromatic rings. The lowest BCUT2D eigenvalue weighted by molar-refractivity contribution is -0.137. The highest BCUT2D eigenvalue weighted by molar-refractivity contribution is 6.08. The molecular weight excluding hydrogens is 347 g/mol. The highest BCUT2D eigenvalue weighted by atomic mass is 19.4. The molecule has 0 aliphatic heterocycles. The quantitative estimate of drug-likeness (QED) is 0.597. The molecule has 0 fully saturated rings. The Morgan fingerprint density at radius 1 is 1.12 bits per heavy atom. The minimum atomic E-state index is -4.41. The summed E-state index contributed by atoms with van der Waals surface area (Å²) in [6.07, 6.45) is -4.41. The summed E-state index contributed by atoms with van der Waals surface area (Å²) >= 11 is 0. The summed E-state index contributed by atoms with van der Waals surface area (Å²) in [6, 6.07) is 9.68. The Hall–Kier alpha value is -3.36. The predicted molar refractivity (Wildman–Crippen MR) is 88.9 cm³/mol. The molecule has 132 valence electrons. The van der Waals surface area contributed by atoms with Gasteiger partial charge in [-0.3, -0.25) is 9.36 Å². The number of carbonyl (C=O) groups is 1. The number of fused-ring (bicyclic) bond motifs is 3. The zero-order valence-electron chi connectivity index (χ0n) is 13.4. The number of aromatic nitrogens is 4. The van der Waals surface area contributed by atoms with E-state index in [1.807, 2.05) is 0 Å². The van der Waals surface area contributed by atoms with Crippen molar-refractivity contribution in [3.63, 3.8) is 0 Å². The molecule has 26 heavy (non-hydrogen) atoms. The number of nitrogens with two attached hydrogens (primary N) is 1. The molecule has 0 saturated carbocycles. The Morgan fingerprint density at radius 3 is 2.42 bits per heavy atom. The standard InChI is InChI=1S/C17H12F3N5O/c1-24-16-14(22-23-24)12-8-9(15(21)26)2-7-13(12)25(16)11-5-3-10(4-6-11)17(18,19)20/h2-8H,1H3,(H2,21,26). The Labute approximate surface area is 144 Å². The predicted octanol–water partition coefficient (Wildman–Crippen LogP) is 3.03. The van der Waals surface area contributed by atoms with Crippen LogP contribution < -0.4 is 5.73 Å². The molecule has 0 aliphatic carbocycles. The smallest absolute Gasteiger partial charge is 0.366 e. The van der Waals surface area contributed by atoms with E-state index in [0.717, 1.165) is 12.1 Å². The van der Waals surface area contributed by atoms with Gasteiger partial charge in [0.25, 0.3) is 0 Å². The van der Waals surface area contributed by atoms with E-state index in [2.05, 4.69) is 10.3 Å². The van der Waals surface area contributed by atoms with Crippen LogP contribution in [-0.2, 0) is 13.2 Å². The van der Waals surface area contributed by atoms with Crippen LogP contribution in [0.25, 0.3) is 27.8 Å². The van der Waals surface area contributed by atoms with Gasteiger partial charge in [0.15, 0.2) is 5.65 Å². The van der Waals surface area contributed by atoms with Gasteiger partial charge in [-0.2, -0.15) is 13.2 Å². The van der Waals surface area contributed by atoms with E-state index < -0.39 is 17.6 Å². The number of hydrogen-bond donors (Lipinski definition) is 1. The van der Waals surface area contributed by atoms with Gasteiger partial charge < -0.3 is 5.73 Å². The summed E-state index contributed by atoms with van der Waals surface area (Å²) in [4.78, 5) is 11.5. The third-order valence-electron chi connectivity index (χ3n) is 4.24. The fourth-order valence-electron chi connectivity index (χ4n) is 3.03. The average molecular weight is 359 g/mol. The molecule has 0 aliphatic rings. The molecule has 6 nitrogen and oxygen atoms in total. The highest BCUT2D eigenvalue weighted by Gasteiger charge is 2.30. The second-order valence-corrected chi connectivity index (χ2v) is 5.86. The third kappa shape index (κ3) is 2.32. The van der Waals surface area contributed by atoms with Crippen molar-refractivity contribution >= 4 is 28.0 Å². The lowest BCUT2D eigenvalue weighted by atomic mass is 10.1. The summed E-state index contributed by atoms with van der Waals surface area (Å²) in [7, 11) is 1.68. The molecule has 2 aromatic heterocycles. The minimum Gasteiger partial charge on any atom is -0.366 e. The van der Waals surface area contributed by atoms with Crippen LogP contribution in [0.2, 0.25) is 0 Å². The maximum atomic E-state index is 12.8. The molecule has 4 rings (SSSR count). The largest absolute Gasteiger partial charge is 0.416 e. The van der Waals surface area contributed by atoms with Crippen molar-refractivity contribution in [2.45, 2.75) is 6.18 Å². The molecule has 0 radical (unpaired) electrons. The molecule has 1 amide bonds. The normalized spacial score (nSPS) is 12.2. The number of aryl methyl sites for hydroxylation is 1. The van der Waals surface area contributed by atoms with Crippen molar-refractivity contribution in [2.75, 3.05) is 0 Å². The zero-order chi connectivity index (χ0) is 18.6. The Kier molecular flexibility index (Phi) is 3.30. The molecule has 0 bridgehead atoms. The first-order chi connectivity index (χ1) is 12.3. The van der Waals surface area contributed by atoms with Crippen LogP contribution in [0.5, 0.6) is 0 Å². The van der Waals surface area contributed by atoms with E-state index in [1.54, 1.807) is 29.8 Å². The van der Waals surface area contributed by atoms with Crippen molar-refractivity contribution in [3.05, 3.63) is 53.6 Å². The molecule has 2 heterocycles. The molecule has 2 aromatic carbocycles. The second-order valence-electron chi connectivity index (χ2n) is 5.86. The van der Waals surface area contributed by atoms with Crippen LogP contribution >= 0.6 is 0 Å². The van der Waals surface area contributed by atoms with E-state index >= 15 is 0 Å². The number of benzene rings is 2. The number of alkyl halides is 3. The number of primary amides is 1. The lowest BCUT2D eigenvalue weighted by Gasteiger charge is -2.10. The molecule has 0 atom stereocenters. The van der Waals surface area contributed by atoms with Crippen LogP contribution in [0, 0.1) is 0 Å². The van der Waals surface area contributed by atoms with Gasteiger partial charge in [0.05, 0.1) is 11.1 Å². The fraction of sp³-hybridized carbons (Fsp3) is 0.118. The topological polar surface area (TPSA) is 78.7 Å². The van der Waals surface area contributed by atoms with E-state index in [4.69, 9.17) is 5.73 Å². The van der Waals surface area contributed by atoms with Gasteiger partial charge in [0, 0.05) is 23.7 Å². The Bertz CT molecular complexity index is 1160. The molecular formula is C17H12F3N5O. The van der Waals surface area contributed by atoms with Gasteiger partial charge in [-0.15, -0.1) is 5.10 Å². The van der Waals surface area contributed by atoms with E-state index in [-0.39, 0.29) is 0 Å². The van der Waals surface area contributed by atoms with Crippen LogP contribution in [0.1, 0.15) is 15.9 Å². The van der Waals surface area contributed by atoms with Gasteiger partial charge in [-0.05, 0) is 42.5 Å². The first kappa shape index (κ1) is 16.1. The van der Waals surface area contributed by atoms with E-state index in [1.165, 1.54) is 16.8 Å². The number of nitrogens with zero attached hydrogens (tertiary/aromatic N) is 4. The van der Waals surface area contributed by atoms with Crippen molar-refractivity contribution in [1.29, 1.82) is 0 Å². The first-order valence-electron chi connectivity index (χ1n) is 7.58. The number of hydrogen-bond acceptors (Lipinski definition) is 3. The summed E-state index contributed by atoms with van der Waals surface area (Å²) in [5.74, 6) is -0.578. The highest BCUT2D eigenvalue weighted by Crippen LogP contribution is 2.33. The third-order valence-corrected chi connectivity index (χ3v) is 4.24. The monoisotopic (exact) mass is 359 g/mol. The van der Waals surface area contributed by atoms with Gasteiger partial charge in [-0.25, -0.2) is 4.68 Å². The van der Waals surface area contributed by atoms with Crippen LogP contribution in [0.4, 0.5) is 13.2 Å². The Morgan fingerprint density at radius 2 is 1.81 bits per heavy atom.